The van der Waals surface area contributed by atoms with Crippen molar-refractivity contribution >= 4 is 23.2 Å². The van der Waals surface area contributed by atoms with Crippen molar-refractivity contribution in [3.8, 4) is 0 Å². The van der Waals surface area contributed by atoms with Crippen LogP contribution in [0.1, 0.15) is 0 Å². The smallest absolute Gasteiger partial charge is 0.232 e. The SMILES string of the molecule is C=C1[C@H](C(=O)Nc2ccccc2)[C@@H]1C(=O)Nc1ccccc1. The number of benzene rings is 2. The fourth-order valence-corrected chi connectivity index (χ4v) is 2.44. The summed E-state index contributed by atoms with van der Waals surface area (Å²) in [6.07, 6.45) is 0. The molecule has 0 saturated heterocycles. The molecule has 2 amide bonds. The molecule has 0 unspecified atom stereocenters. The van der Waals surface area contributed by atoms with Gasteiger partial charge < -0.3 is 10.6 Å². The topological polar surface area (TPSA) is 58.2 Å². The number of carbonyl (C=O) groups is 2. The molecule has 2 aromatic rings. The van der Waals surface area contributed by atoms with Crippen LogP contribution in [0.5, 0.6) is 0 Å². The summed E-state index contributed by atoms with van der Waals surface area (Å²) in [5.41, 5.74) is 2.09. The second-order valence-electron chi connectivity index (χ2n) is 5.24. The summed E-state index contributed by atoms with van der Waals surface area (Å²) in [7, 11) is 0. The Morgan fingerprint density at radius 2 is 1.09 bits per heavy atom. The van der Waals surface area contributed by atoms with Crippen molar-refractivity contribution in [3.05, 3.63) is 72.8 Å². The van der Waals surface area contributed by atoms with Crippen molar-refractivity contribution in [3.63, 3.8) is 0 Å². The van der Waals surface area contributed by atoms with Gasteiger partial charge in [0, 0.05) is 11.4 Å². The van der Waals surface area contributed by atoms with E-state index < -0.39 is 11.8 Å². The summed E-state index contributed by atoms with van der Waals surface area (Å²) in [6.45, 7) is 3.83. The molecular formula is C18H16N2O2. The average molecular weight is 292 g/mol. The van der Waals surface area contributed by atoms with Gasteiger partial charge in [-0.3, -0.25) is 9.59 Å². The molecule has 1 fully saturated rings. The molecule has 1 saturated carbocycles. The van der Waals surface area contributed by atoms with E-state index in [-0.39, 0.29) is 11.8 Å². The van der Waals surface area contributed by atoms with Gasteiger partial charge in [0.15, 0.2) is 0 Å². The molecular weight excluding hydrogens is 276 g/mol. The summed E-state index contributed by atoms with van der Waals surface area (Å²) in [5, 5.41) is 5.61. The maximum Gasteiger partial charge on any atom is 0.232 e. The molecule has 1 aliphatic rings. The lowest BCUT2D eigenvalue weighted by molar-refractivity contribution is -0.122. The van der Waals surface area contributed by atoms with Crippen LogP contribution >= 0.6 is 0 Å². The van der Waals surface area contributed by atoms with Crippen LogP contribution in [0, 0.1) is 11.8 Å². The first-order chi connectivity index (χ1) is 10.7. The molecule has 0 aliphatic heterocycles. The standard InChI is InChI=1S/C18H16N2O2/c1-12-15(17(21)19-13-8-4-2-5-9-13)16(12)18(22)20-14-10-6-3-7-11-14/h2-11,15-16H,1H2,(H,19,21)(H,20,22)/t15-,16+. The highest BCUT2D eigenvalue weighted by atomic mass is 16.2. The number of amides is 2. The van der Waals surface area contributed by atoms with Gasteiger partial charge in [-0.15, -0.1) is 0 Å². The van der Waals surface area contributed by atoms with Crippen molar-refractivity contribution in [1.82, 2.24) is 0 Å². The minimum atomic E-state index is -0.455. The highest BCUT2D eigenvalue weighted by Gasteiger charge is 2.52. The lowest BCUT2D eigenvalue weighted by atomic mass is 10.2. The van der Waals surface area contributed by atoms with Crippen LogP contribution < -0.4 is 10.6 Å². The van der Waals surface area contributed by atoms with Crippen LogP contribution in [0.25, 0.3) is 0 Å². The van der Waals surface area contributed by atoms with Crippen LogP contribution in [-0.2, 0) is 9.59 Å². The largest absolute Gasteiger partial charge is 0.326 e. The number of anilines is 2. The van der Waals surface area contributed by atoms with Gasteiger partial charge in [0.2, 0.25) is 11.8 Å². The number of hydrogen-bond acceptors (Lipinski definition) is 2. The quantitative estimate of drug-likeness (QED) is 0.851. The van der Waals surface area contributed by atoms with E-state index in [2.05, 4.69) is 17.2 Å². The van der Waals surface area contributed by atoms with Crippen LogP contribution in [0.4, 0.5) is 11.4 Å². The van der Waals surface area contributed by atoms with Crippen molar-refractivity contribution in [1.29, 1.82) is 0 Å². The predicted molar refractivity (Wildman–Crippen MR) is 86.3 cm³/mol. The van der Waals surface area contributed by atoms with E-state index in [1.807, 2.05) is 60.7 Å². The monoisotopic (exact) mass is 292 g/mol. The molecule has 0 radical (unpaired) electrons. The number of para-hydroxylation sites is 2. The third-order valence-electron chi connectivity index (χ3n) is 3.67. The minimum absolute atomic E-state index is 0.190. The lowest BCUT2D eigenvalue weighted by Gasteiger charge is -2.05. The summed E-state index contributed by atoms with van der Waals surface area (Å²) < 4.78 is 0. The Bertz CT molecular complexity index is 649. The zero-order valence-electron chi connectivity index (χ0n) is 12.0. The Hall–Kier alpha value is -2.88. The molecule has 4 nitrogen and oxygen atoms in total. The summed E-state index contributed by atoms with van der Waals surface area (Å²) >= 11 is 0. The van der Waals surface area contributed by atoms with Gasteiger partial charge in [0.05, 0.1) is 11.8 Å². The second kappa shape index (κ2) is 5.85. The molecule has 110 valence electrons. The van der Waals surface area contributed by atoms with Crippen LogP contribution in [0.2, 0.25) is 0 Å². The van der Waals surface area contributed by atoms with Crippen molar-refractivity contribution in [2.45, 2.75) is 0 Å². The Morgan fingerprint density at radius 1 is 0.727 bits per heavy atom. The lowest BCUT2D eigenvalue weighted by Crippen LogP contribution is -2.20. The highest BCUT2D eigenvalue weighted by Crippen LogP contribution is 2.45. The first-order valence-electron chi connectivity index (χ1n) is 7.07. The van der Waals surface area contributed by atoms with Crippen LogP contribution in [0.3, 0.4) is 0 Å². The van der Waals surface area contributed by atoms with Gasteiger partial charge in [-0.2, -0.15) is 0 Å². The third-order valence-corrected chi connectivity index (χ3v) is 3.67. The van der Waals surface area contributed by atoms with Crippen LogP contribution in [0.15, 0.2) is 72.8 Å². The normalized spacial score (nSPS) is 19.4. The molecule has 2 N–H and O–H groups in total. The second-order valence-corrected chi connectivity index (χ2v) is 5.24. The van der Waals surface area contributed by atoms with Gasteiger partial charge >= 0.3 is 0 Å². The van der Waals surface area contributed by atoms with Crippen LogP contribution in [-0.4, -0.2) is 11.8 Å². The zero-order valence-corrected chi connectivity index (χ0v) is 12.0. The molecule has 2 atom stereocenters. The van der Waals surface area contributed by atoms with Gasteiger partial charge in [-0.05, 0) is 24.3 Å². The van der Waals surface area contributed by atoms with E-state index in [1.165, 1.54) is 0 Å². The van der Waals surface area contributed by atoms with E-state index in [0.29, 0.717) is 5.57 Å². The van der Waals surface area contributed by atoms with E-state index in [1.54, 1.807) is 0 Å². The fourth-order valence-electron chi connectivity index (χ4n) is 2.44. The maximum absolute atomic E-state index is 12.2. The Balaban J connectivity index is 1.61. The molecule has 0 aromatic heterocycles. The molecule has 0 spiro atoms. The number of rotatable bonds is 4. The van der Waals surface area contributed by atoms with E-state index in [0.717, 1.165) is 11.4 Å². The van der Waals surface area contributed by atoms with Crippen molar-refractivity contribution in [2.24, 2.45) is 11.8 Å². The zero-order chi connectivity index (χ0) is 15.5. The van der Waals surface area contributed by atoms with E-state index in [4.69, 9.17) is 0 Å². The first-order valence-corrected chi connectivity index (χ1v) is 7.07. The van der Waals surface area contributed by atoms with E-state index in [9.17, 15) is 9.59 Å². The summed E-state index contributed by atoms with van der Waals surface area (Å²) in [6, 6.07) is 18.4. The van der Waals surface area contributed by atoms with E-state index >= 15 is 0 Å². The Labute approximate surface area is 128 Å². The minimum Gasteiger partial charge on any atom is -0.326 e. The molecule has 3 rings (SSSR count). The first kappa shape index (κ1) is 14.1. The number of carbonyl (C=O) groups excluding carboxylic acids is 2. The fraction of sp³-hybridized carbons (Fsp3) is 0.111. The maximum atomic E-state index is 12.2. The molecule has 1 aliphatic carbocycles. The molecule has 4 heteroatoms. The molecule has 0 heterocycles. The van der Waals surface area contributed by atoms with Crippen molar-refractivity contribution in [2.75, 3.05) is 10.6 Å². The Morgan fingerprint density at radius 3 is 1.45 bits per heavy atom. The third kappa shape index (κ3) is 2.91. The van der Waals surface area contributed by atoms with Gasteiger partial charge in [-0.1, -0.05) is 48.6 Å². The highest BCUT2D eigenvalue weighted by molar-refractivity contribution is 6.08. The summed E-state index contributed by atoms with van der Waals surface area (Å²) in [4.78, 5) is 24.4. The number of nitrogens with one attached hydrogen (secondary N) is 2. The predicted octanol–water partition coefficient (Wildman–Crippen LogP) is 3.07. The average Bonchev–Trinajstić information content (AvgIpc) is 3.21. The molecule has 22 heavy (non-hydrogen) atoms. The van der Waals surface area contributed by atoms with Gasteiger partial charge in [0.25, 0.3) is 0 Å². The Kier molecular flexibility index (Phi) is 3.74. The summed E-state index contributed by atoms with van der Waals surface area (Å²) in [5.74, 6) is -1.29. The van der Waals surface area contributed by atoms with Crippen molar-refractivity contribution < 1.29 is 9.59 Å². The van der Waals surface area contributed by atoms with Gasteiger partial charge in [-0.25, -0.2) is 0 Å². The molecule has 0 bridgehead atoms. The number of hydrogen-bond donors (Lipinski definition) is 2. The van der Waals surface area contributed by atoms with Gasteiger partial charge in [0.1, 0.15) is 0 Å². The molecule has 2 aromatic carbocycles.